The number of ether oxygens (including phenoxy) is 1. The van der Waals surface area contributed by atoms with Crippen molar-refractivity contribution in [2.75, 3.05) is 26.3 Å². The van der Waals surface area contributed by atoms with Crippen LogP contribution >= 0.6 is 0 Å². The van der Waals surface area contributed by atoms with Crippen LogP contribution in [0.4, 0.5) is 0 Å². The number of hydrogen-bond donors (Lipinski definition) is 1. The molecule has 0 aromatic carbocycles. The average molecular weight is 170 g/mol. The summed E-state index contributed by atoms with van der Waals surface area (Å²) < 4.78 is 5.31. The van der Waals surface area contributed by atoms with Crippen LogP contribution in [-0.4, -0.2) is 43.3 Å². The first kappa shape index (κ1) is 8.48. The molecule has 0 aromatic heterocycles. The number of hydrogen-bond acceptors (Lipinski definition) is 3. The van der Waals surface area contributed by atoms with Gasteiger partial charge >= 0.3 is 0 Å². The van der Waals surface area contributed by atoms with Crippen molar-refractivity contribution in [2.45, 2.75) is 31.3 Å². The summed E-state index contributed by atoms with van der Waals surface area (Å²) in [5.41, 5.74) is 5.87. The molecule has 1 heterocycles. The lowest BCUT2D eigenvalue weighted by molar-refractivity contribution is 0.0178. The highest BCUT2D eigenvalue weighted by atomic mass is 16.5. The Morgan fingerprint density at radius 2 is 1.92 bits per heavy atom. The Bertz CT molecular complexity index is 143. The van der Waals surface area contributed by atoms with E-state index in [1.807, 2.05) is 0 Å². The van der Waals surface area contributed by atoms with Crippen LogP contribution in [0.2, 0.25) is 0 Å². The highest BCUT2D eigenvalue weighted by molar-refractivity contribution is 4.85. The van der Waals surface area contributed by atoms with E-state index in [-0.39, 0.29) is 0 Å². The van der Waals surface area contributed by atoms with E-state index < -0.39 is 0 Å². The molecule has 3 heteroatoms. The van der Waals surface area contributed by atoms with E-state index >= 15 is 0 Å². The minimum atomic E-state index is 0.456. The molecular formula is C9H18N2O. The molecule has 1 saturated heterocycles. The van der Waals surface area contributed by atoms with Crippen LogP contribution in [0, 0.1) is 0 Å². The molecule has 12 heavy (non-hydrogen) atoms. The summed E-state index contributed by atoms with van der Waals surface area (Å²) >= 11 is 0. The summed E-state index contributed by atoms with van der Waals surface area (Å²) in [6.45, 7) is 4.03. The fourth-order valence-electron chi connectivity index (χ4n) is 2.27. The molecule has 2 fully saturated rings. The summed E-state index contributed by atoms with van der Waals surface area (Å²) in [4.78, 5) is 2.54. The lowest BCUT2D eigenvalue weighted by Gasteiger charge is -2.32. The molecule has 2 atom stereocenters. The molecule has 0 bridgehead atoms. The monoisotopic (exact) mass is 170 g/mol. The Balaban J connectivity index is 1.83. The lowest BCUT2D eigenvalue weighted by atomic mass is 10.2. The number of nitrogens with zero attached hydrogens (tertiary/aromatic N) is 1. The van der Waals surface area contributed by atoms with Gasteiger partial charge in [0.1, 0.15) is 0 Å². The second kappa shape index (κ2) is 3.73. The molecule has 2 N–H and O–H groups in total. The van der Waals surface area contributed by atoms with Crippen molar-refractivity contribution in [3.63, 3.8) is 0 Å². The van der Waals surface area contributed by atoms with Crippen molar-refractivity contribution >= 4 is 0 Å². The second-order valence-corrected chi connectivity index (χ2v) is 3.88. The number of nitrogens with two attached hydrogens (primary N) is 1. The molecule has 0 radical (unpaired) electrons. The molecule has 70 valence electrons. The highest BCUT2D eigenvalue weighted by Crippen LogP contribution is 2.23. The molecule has 1 aliphatic heterocycles. The van der Waals surface area contributed by atoms with Crippen LogP contribution in [0.25, 0.3) is 0 Å². The summed E-state index contributed by atoms with van der Waals surface area (Å²) in [5.74, 6) is 0. The van der Waals surface area contributed by atoms with Gasteiger partial charge in [-0.1, -0.05) is 0 Å². The van der Waals surface area contributed by atoms with Gasteiger partial charge in [0.2, 0.25) is 0 Å². The van der Waals surface area contributed by atoms with Gasteiger partial charge in [0.15, 0.2) is 0 Å². The Morgan fingerprint density at radius 1 is 1.17 bits per heavy atom. The van der Waals surface area contributed by atoms with Crippen LogP contribution < -0.4 is 5.73 Å². The highest BCUT2D eigenvalue weighted by Gasteiger charge is 2.27. The molecule has 1 unspecified atom stereocenters. The molecule has 0 amide bonds. The van der Waals surface area contributed by atoms with E-state index in [0.717, 1.165) is 32.3 Å². The summed E-state index contributed by atoms with van der Waals surface area (Å²) in [6.07, 6.45) is 3.70. The van der Waals surface area contributed by atoms with Gasteiger partial charge in [-0.05, 0) is 19.3 Å². The first-order chi connectivity index (χ1) is 5.86. The molecule has 0 aromatic rings. The summed E-state index contributed by atoms with van der Waals surface area (Å²) in [5, 5.41) is 0. The van der Waals surface area contributed by atoms with Crippen LogP contribution in [0.5, 0.6) is 0 Å². The van der Waals surface area contributed by atoms with Crippen LogP contribution in [0.3, 0.4) is 0 Å². The van der Waals surface area contributed by atoms with Crippen molar-refractivity contribution in [1.82, 2.24) is 4.90 Å². The maximum atomic E-state index is 5.87. The van der Waals surface area contributed by atoms with Crippen LogP contribution in [0.15, 0.2) is 0 Å². The first-order valence-corrected chi connectivity index (χ1v) is 4.93. The molecule has 2 rings (SSSR count). The van der Waals surface area contributed by atoms with Crippen LogP contribution in [0.1, 0.15) is 19.3 Å². The van der Waals surface area contributed by atoms with Gasteiger partial charge in [0.05, 0.1) is 13.2 Å². The third kappa shape index (κ3) is 1.79. The van der Waals surface area contributed by atoms with Crippen molar-refractivity contribution in [2.24, 2.45) is 5.73 Å². The Morgan fingerprint density at radius 3 is 2.50 bits per heavy atom. The molecule has 2 aliphatic rings. The Hall–Kier alpha value is -0.120. The van der Waals surface area contributed by atoms with Gasteiger partial charge in [-0.15, -0.1) is 0 Å². The van der Waals surface area contributed by atoms with E-state index in [1.165, 1.54) is 19.3 Å². The van der Waals surface area contributed by atoms with Gasteiger partial charge in [-0.3, -0.25) is 4.90 Å². The van der Waals surface area contributed by atoms with Gasteiger partial charge in [-0.2, -0.15) is 0 Å². The summed E-state index contributed by atoms with van der Waals surface area (Å²) in [7, 11) is 0. The Labute approximate surface area is 73.9 Å². The second-order valence-electron chi connectivity index (χ2n) is 3.88. The van der Waals surface area contributed by atoms with Gasteiger partial charge in [0, 0.05) is 25.2 Å². The zero-order chi connectivity index (χ0) is 8.39. The Kier molecular flexibility index (Phi) is 2.63. The van der Waals surface area contributed by atoms with Gasteiger partial charge in [-0.25, -0.2) is 0 Å². The lowest BCUT2D eigenvalue weighted by Crippen LogP contribution is -2.42. The van der Waals surface area contributed by atoms with Gasteiger partial charge in [0.25, 0.3) is 0 Å². The van der Waals surface area contributed by atoms with Crippen molar-refractivity contribution in [3.05, 3.63) is 0 Å². The maximum Gasteiger partial charge on any atom is 0.0594 e. The van der Waals surface area contributed by atoms with E-state index in [2.05, 4.69) is 4.90 Å². The fourth-order valence-corrected chi connectivity index (χ4v) is 2.27. The smallest absolute Gasteiger partial charge is 0.0594 e. The van der Waals surface area contributed by atoms with E-state index in [4.69, 9.17) is 10.5 Å². The molecule has 3 nitrogen and oxygen atoms in total. The van der Waals surface area contributed by atoms with Crippen molar-refractivity contribution in [3.8, 4) is 0 Å². The molecule has 1 aliphatic carbocycles. The molecule has 1 saturated carbocycles. The quantitative estimate of drug-likeness (QED) is 0.611. The normalized spacial score (nSPS) is 38.8. The molecular weight excluding hydrogens is 152 g/mol. The topological polar surface area (TPSA) is 38.5 Å². The fraction of sp³-hybridized carbons (Fsp3) is 1.00. The first-order valence-electron chi connectivity index (χ1n) is 4.93. The van der Waals surface area contributed by atoms with E-state index in [1.54, 1.807) is 0 Å². The minimum Gasteiger partial charge on any atom is -0.379 e. The third-order valence-corrected chi connectivity index (χ3v) is 3.01. The zero-order valence-corrected chi connectivity index (χ0v) is 7.54. The maximum absolute atomic E-state index is 5.87. The average Bonchev–Trinajstić information content (AvgIpc) is 2.54. The summed E-state index contributed by atoms with van der Waals surface area (Å²) in [6, 6.07) is 1.21. The third-order valence-electron chi connectivity index (χ3n) is 3.01. The molecule has 0 spiro atoms. The van der Waals surface area contributed by atoms with Crippen molar-refractivity contribution < 1.29 is 4.74 Å². The largest absolute Gasteiger partial charge is 0.379 e. The predicted octanol–water partition coefficient (Wildman–Crippen LogP) is 0.198. The van der Waals surface area contributed by atoms with Crippen LogP contribution in [-0.2, 0) is 4.74 Å². The zero-order valence-electron chi connectivity index (χ0n) is 7.54. The number of rotatable bonds is 1. The van der Waals surface area contributed by atoms with Crippen molar-refractivity contribution in [1.29, 1.82) is 0 Å². The predicted molar refractivity (Wildman–Crippen MR) is 48.0 cm³/mol. The van der Waals surface area contributed by atoms with Gasteiger partial charge < -0.3 is 10.5 Å². The number of morpholine rings is 1. The van der Waals surface area contributed by atoms with E-state index in [0.29, 0.717) is 6.04 Å². The SMILES string of the molecule is N[C@@H]1CCC(N2CCOCC2)C1. The minimum absolute atomic E-state index is 0.456. The van der Waals surface area contributed by atoms with E-state index in [9.17, 15) is 0 Å². The standard InChI is InChI=1S/C9H18N2O/c10-8-1-2-9(7-8)11-3-5-12-6-4-11/h8-9H,1-7,10H2/t8-,9?/m1/s1.